The fraction of sp³-hybridized carbons (Fsp3) is 0.250. The van der Waals surface area contributed by atoms with Gasteiger partial charge < -0.3 is 5.32 Å². The van der Waals surface area contributed by atoms with Gasteiger partial charge in [0.2, 0.25) is 5.82 Å². The van der Waals surface area contributed by atoms with E-state index in [2.05, 4.69) is 36.4 Å². The molecule has 0 saturated heterocycles. The number of alkyl halides is 3. The fourth-order valence-corrected chi connectivity index (χ4v) is 1.88. The molecular formula is C12H10BrF3N4O. The van der Waals surface area contributed by atoms with E-state index >= 15 is 0 Å². The Bertz CT molecular complexity index is 669. The highest BCUT2D eigenvalue weighted by molar-refractivity contribution is 9.10. The monoisotopic (exact) mass is 362 g/mol. The number of aromatic nitrogens is 3. The molecule has 2 aromatic rings. The predicted molar refractivity (Wildman–Crippen MR) is 72.9 cm³/mol. The van der Waals surface area contributed by atoms with E-state index in [1.54, 1.807) is 0 Å². The molecule has 5 nitrogen and oxygen atoms in total. The van der Waals surface area contributed by atoms with Crippen LogP contribution in [0.4, 0.5) is 18.9 Å². The van der Waals surface area contributed by atoms with Crippen LogP contribution < -0.4 is 5.32 Å². The Balaban J connectivity index is 2.24. The number of halogens is 4. The van der Waals surface area contributed by atoms with Crippen molar-refractivity contribution in [1.29, 1.82) is 0 Å². The molecule has 0 unspecified atom stereocenters. The van der Waals surface area contributed by atoms with Gasteiger partial charge in [-0.05, 0) is 34.1 Å². The number of rotatable bonds is 3. The van der Waals surface area contributed by atoms with Crippen molar-refractivity contribution in [2.75, 3.05) is 5.32 Å². The highest BCUT2D eigenvalue weighted by Crippen LogP contribution is 2.34. The molecule has 0 radical (unpaired) electrons. The van der Waals surface area contributed by atoms with E-state index in [9.17, 15) is 18.0 Å². The maximum atomic E-state index is 12.7. The van der Waals surface area contributed by atoms with E-state index in [0.29, 0.717) is 16.7 Å². The van der Waals surface area contributed by atoms with Gasteiger partial charge in [-0.25, -0.2) is 4.98 Å². The quantitative estimate of drug-likeness (QED) is 0.878. The van der Waals surface area contributed by atoms with E-state index in [1.807, 2.05) is 6.92 Å². The Morgan fingerprint density at radius 1 is 1.43 bits per heavy atom. The molecule has 0 spiro atoms. The topological polar surface area (TPSA) is 70.7 Å². The van der Waals surface area contributed by atoms with Crippen LogP contribution >= 0.6 is 15.9 Å². The van der Waals surface area contributed by atoms with Gasteiger partial charge in [0.1, 0.15) is 5.82 Å². The zero-order chi connectivity index (χ0) is 15.6. The molecule has 112 valence electrons. The maximum absolute atomic E-state index is 12.7. The minimum atomic E-state index is -4.49. The molecule has 21 heavy (non-hydrogen) atoms. The van der Waals surface area contributed by atoms with Crippen LogP contribution in [-0.2, 0) is 12.6 Å². The van der Waals surface area contributed by atoms with Gasteiger partial charge >= 0.3 is 6.18 Å². The van der Waals surface area contributed by atoms with Gasteiger partial charge in [0, 0.05) is 10.9 Å². The normalized spacial score (nSPS) is 11.5. The Morgan fingerprint density at radius 3 is 2.71 bits per heavy atom. The predicted octanol–water partition coefficient (Wildman–Crippen LogP) is 3.40. The van der Waals surface area contributed by atoms with Crippen LogP contribution in [0.3, 0.4) is 0 Å². The summed E-state index contributed by atoms with van der Waals surface area (Å²) in [6.45, 7) is 1.82. The molecule has 0 fully saturated rings. The van der Waals surface area contributed by atoms with Crippen LogP contribution in [0.1, 0.15) is 28.9 Å². The van der Waals surface area contributed by atoms with Gasteiger partial charge in [-0.15, -0.1) is 5.10 Å². The molecule has 0 aliphatic heterocycles. The van der Waals surface area contributed by atoms with Crippen LogP contribution in [-0.4, -0.2) is 21.1 Å². The molecule has 2 rings (SSSR count). The molecule has 0 bridgehead atoms. The van der Waals surface area contributed by atoms with Crippen molar-refractivity contribution in [2.45, 2.75) is 19.5 Å². The number of carbonyl (C=O) groups excluding carboxylic acids is 1. The number of aromatic amines is 1. The average molecular weight is 363 g/mol. The molecule has 1 amide bonds. The number of amides is 1. The Hall–Kier alpha value is -1.90. The van der Waals surface area contributed by atoms with E-state index in [0.717, 1.165) is 12.1 Å². The lowest BCUT2D eigenvalue weighted by Crippen LogP contribution is -2.15. The van der Waals surface area contributed by atoms with Gasteiger partial charge in [0.25, 0.3) is 5.91 Å². The molecule has 0 atom stereocenters. The molecule has 0 aliphatic rings. The van der Waals surface area contributed by atoms with E-state index < -0.39 is 17.6 Å². The van der Waals surface area contributed by atoms with Crippen LogP contribution in [0.15, 0.2) is 22.7 Å². The van der Waals surface area contributed by atoms with Crippen molar-refractivity contribution in [2.24, 2.45) is 0 Å². The minimum absolute atomic E-state index is 0.00215. The minimum Gasteiger partial charge on any atom is -0.318 e. The summed E-state index contributed by atoms with van der Waals surface area (Å²) in [4.78, 5) is 15.8. The number of aryl methyl sites for hydroxylation is 1. The van der Waals surface area contributed by atoms with Gasteiger partial charge in [0.05, 0.1) is 11.3 Å². The smallest absolute Gasteiger partial charge is 0.318 e. The second kappa shape index (κ2) is 5.84. The van der Waals surface area contributed by atoms with Crippen molar-refractivity contribution in [3.05, 3.63) is 39.9 Å². The molecule has 0 saturated carbocycles. The first-order chi connectivity index (χ1) is 9.81. The van der Waals surface area contributed by atoms with Crippen LogP contribution in [0.2, 0.25) is 0 Å². The van der Waals surface area contributed by atoms with E-state index in [4.69, 9.17) is 0 Å². The highest BCUT2D eigenvalue weighted by Gasteiger charge is 2.31. The van der Waals surface area contributed by atoms with Crippen molar-refractivity contribution < 1.29 is 18.0 Å². The zero-order valence-corrected chi connectivity index (χ0v) is 12.3. The lowest BCUT2D eigenvalue weighted by atomic mass is 10.2. The summed E-state index contributed by atoms with van der Waals surface area (Å²) in [5.74, 6) is -0.301. The molecule has 1 heterocycles. The van der Waals surface area contributed by atoms with E-state index in [-0.39, 0.29) is 11.5 Å². The molecule has 0 aliphatic carbocycles. The summed E-state index contributed by atoms with van der Waals surface area (Å²) >= 11 is 3.09. The second-order valence-electron chi connectivity index (χ2n) is 4.11. The van der Waals surface area contributed by atoms with Crippen LogP contribution in [0.25, 0.3) is 0 Å². The SMILES string of the molecule is CCc1nc(C(=O)Nc2cc(C(F)(F)F)ccc2Br)n[nH]1. The van der Waals surface area contributed by atoms with Crippen molar-refractivity contribution in [3.8, 4) is 0 Å². The zero-order valence-electron chi connectivity index (χ0n) is 10.8. The number of nitrogens with one attached hydrogen (secondary N) is 2. The molecule has 9 heteroatoms. The lowest BCUT2D eigenvalue weighted by Gasteiger charge is -2.10. The molecule has 1 aromatic heterocycles. The summed E-state index contributed by atoms with van der Waals surface area (Å²) in [6.07, 6.45) is -3.92. The third-order valence-electron chi connectivity index (χ3n) is 2.61. The number of H-pyrrole nitrogens is 1. The van der Waals surface area contributed by atoms with Gasteiger partial charge in [-0.3, -0.25) is 9.89 Å². The Morgan fingerprint density at radius 2 is 2.14 bits per heavy atom. The van der Waals surface area contributed by atoms with Gasteiger partial charge in [0.15, 0.2) is 0 Å². The second-order valence-corrected chi connectivity index (χ2v) is 4.96. The van der Waals surface area contributed by atoms with Crippen LogP contribution in [0.5, 0.6) is 0 Å². The van der Waals surface area contributed by atoms with Crippen molar-refractivity contribution in [3.63, 3.8) is 0 Å². The molecule has 2 N–H and O–H groups in total. The number of benzene rings is 1. The standard InChI is InChI=1S/C12H10BrF3N4O/c1-2-9-18-10(20-19-9)11(21)17-8-5-6(12(14,15)16)3-4-7(8)13/h3-5H,2H2,1H3,(H,17,21)(H,18,19,20). The number of hydrogen-bond acceptors (Lipinski definition) is 3. The number of nitrogens with zero attached hydrogens (tertiary/aromatic N) is 2. The number of hydrogen-bond donors (Lipinski definition) is 2. The summed E-state index contributed by atoms with van der Waals surface area (Å²) in [5.41, 5.74) is -0.858. The summed E-state index contributed by atoms with van der Waals surface area (Å²) in [5, 5.41) is 8.60. The molecule has 1 aromatic carbocycles. The largest absolute Gasteiger partial charge is 0.416 e. The first-order valence-electron chi connectivity index (χ1n) is 5.90. The van der Waals surface area contributed by atoms with Gasteiger partial charge in [-0.2, -0.15) is 13.2 Å². The van der Waals surface area contributed by atoms with Crippen molar-refractivity contribution in [1.82, 2.24) is 15.2 Å². The molecular weight excluding hydrogens is 353 g/mol. The summed E-state index contributed by atoms with van der Waals surface area (Å²) in [7, 11) is 0. The first kappa shape index (κ1) is 15.5. The number of carbonyl (C=O) groups is 1. The summed E-state index contributed by atoms with van der Waals surface area (Å²) in [6, 6.07) is 2.98. The Kier molecular flexibility index (Phi) is 4.31. The lowest BCUT2D eigenvalue weighted by molar-refractivity contribution is -0.137. The van der Waals surface area contributed by atoms with Crippen LogP contribution in [0, 0.1) is 0 Å². The highest BCUT2D eigenvalue weighted by atomic mass is 79.9. The van der Waals surface area contributed by atoms with Gasteiger partial charge in [-0.1, -0.05) is 6.92 Å². The fourth-order valence-electron chi connectivity index (χ4n) is 1.53. The average Bonchev–Trinajstić information content (AvgIpc) is 2.88. The maximum Gasteiger partial charge on any atom is 0.416 e. The third-order valence-corrected chi connectivity index (χ3v) is 3.30. The van der Waals surface area contributed by atoms with E-state index in [1.165, 1.54) is 6.07 Å². The number of anilines is 1. The Labute approximate surface area is 126 Å². The third kappa shape index (κ3) is 3.60. The summed E-state index contributed by atoms with van der Waals surface area (Å²) < 4.78 is 38.3. The van der Waals surface area contributed by atoms with Crippen molar-refractivity contribution >= 4 is 27.5 Å². The first-order valence-corrected chi connectivity index (χ1v) is 6.70.